The fraction of sp³-hybridized carbons (Fsp3) is 0.857. The Labute approximate surface area is 110 Å². The molecule has 4 nitrogen and oxygen atoms in total. The summed E-state index contributed by atoms with van der Waals surface area (Å²) in [5.74, 6) is -0.159. The highest BCUT2D eigenvalue weighted by Gasteiger charge is 2.22. The first-order chi connectivity index (χ1) is 8.02. The molecule has 4 heteroatoms. The van der Waals surface area contributed by atoms with Crippen LogP contribution < -0.4 is 5.32 Å². The number of amides is 1. The van der Waals surface area contributed by atoms with Gasteiger partial charge in [0.2, 0.25) is 5.91 Å². The first-order valence-corrected chi connectivity index (χ1v) is 6.46. The van der Waals surface area contributed by atoms with Crippen LogP contribution in [0.4, 0.5) is 0 Å². The van der Waals surface area contributed by atoms with Crippen LogP contribution in [0.2, 0.25) is 0 Å². The van der Waals surface area contributed by atoms with Gasteiger partial charge in [0.25, 0.3) is 0 Å². The molecule has 0 aromatic carbocycles. The molecule has 0 spiro atoms. The Morgan fingerprint density at radius 3 is 2.06 bits per heavy atom. The zero-order valence-electron chi connectivity index (χ0n) is 12.6. The summed E-state index contributed by atoms with van der Waals surface area (Å²) in [6.45, 7) is 12.4. The Morgan fingerprint density at radius 1 is 1.06 bits per heavy atom. The monoisotopic (exact) mass is 257 g/mol. The van der Waals surface area contributed by atoms with E-state index in [2.05, 4.69) is 5.32 Å². The molecule has 0 rings (SSSR count). The number of carbonyl (C=O) groups is 2. The van der Waals surface area contributed by atoms with Crippen LogP contribution in [0.3, 0.4) is 0 Å². The minimum absolute atomic E-state index is 0.00276. The Balaban J connectivity index is 3.64. The summed E-state index contributed by atoms with van der Waals surface area (Å²) in [5, 5.41) is 2.82. The molecular formula is C14H27NO3. The molecule has 0 aromatic rings. The van der Waals surface area contributed by atoms with Crippen LogP contribution in [0.25, 0.3) is 0 Å². The lowest BCUT2D eigenvalue weighted by Crippen LogP contribution is -2.29. The van der Waals surface area contributed by atoms with Crippen molar-refractivity contribution in [2.75, 3.05) is 13.2 Å². The molecule has 0 aliphatic heterocycles. The van der Waals surface area contributed by atoms with Crippen molar-refractivity contribution in [1.82, 2.24) is 5.32 Å². The van der Waals surface area contributed by atoms with E-state index in [0.717, 1.165) is 0 Å². The molecule has 0 aromatic heterocycles. The first kappa shape index (κ1) is 16.9. The number of rotatable bonds is 5. The molecule has 0 aliphatic rings. The Bertz CT molecular complexity index is 284. The Kier molecular flexibility index (Phi) is 6.36. The second-order valence-electron chi connectivity index (χ2n) is 6.83. The van der Waals surface area contributed by atoms with E-state index in [0.29, 0.717) is 26.0 Å². The largest absolute Gasteiger partial charge is 0.465 e. The third-order valence-electron chi connectivity index (χ3n) is 2.18. The van der Waals surface area contributed by atoms with Gasteiger partial charge in [0.05, 0.1) is 12.0 Å². The molecule has 18 heavy (non-hydrogen) atoms. The molecule has 0 saturated carbocycles. The van der Waals surface area contributed by atoms with Crippen molar-refractivity contribution in [3.05, 3.63) is 0 Å². The zero-order valence-corrected chi connectivity index (χ0v) is 12.6. The maximum atomic E-state index is 11.5. The molecule has 1 N–H and O–H groups in total. The van der Waals surface area contributed by atoms with Gasteiger partial charge in [0.1, 0.15) is 0 Å². The molecule has 1 amide bonds. The second kappa shape index (κ2) is 6.76. The van der Waals surface area contributed by atoms with Crippen LogP contribution in [-0.2, 0) is 14.3 Å². The average molecular weight is 257 g/mol. The Hall–Kier alpha value is -1.06. The van der Waals surface area contributed by atoms with Gasteiger partial charge >= 0.3 is 5.97 Å². The number of nitrogens with one attached hydrogen (secondary N) is 1. The van der Waals surface area contributed by atoms with E-state index in [1.807, 2.05) is 41.5 Å². The van der Waals surface area contributed by atoms with Crippen LogP contribution in [0.5, 0.6) is 0 Å². The summed E-state index contributed by atoms with van der Waals surface area (Å²) < 4.78 is 5.10. The van der Waals surface area contributed by atoms with Crippen molar-refractivity contribution >= 4 is 11.9 Å². The van der Waals surface area contributed by atoms with Gasteiger partial charge in [-0.15, -0.1) is 0 Å². The highest BCUT2D eigenvalue weighted by atomic mass is 16.5. The van der Waals surface area contributed by atoms with Gasteiger partial charge in [0, 0.05) is 13.0 Å². The third kappa shape index (κ3) is 9.02. The Morgan fingerprint density at radius 2 is 1.61 bits per heavy atom. The highest BCUT2D eigenvalue weighted by molar-refractivity contribution is 5.76. The van der Waals surface area contributed by atoms with Crippen LogP contribution in [0.15, 0.2) is 0 Å². The van der Waals surface area contributed by atoms with E-state index < -0.39 is 5.41 Å². The summed E-state index contributed by atoms with van der Waals surface area (Å²) in [6.07, 6.45) is 1.16. The number of esters is 1. The molecular weight excluding hydrogens is 230 g/mol. The molecule has 106 valence electrons. The van der Waals surface area contributed by atoms with Gasteiger partial charge in [-0.1, -0.05) is 20.8 Å². The van der Waals surface area contributed by atoms with Gasteiger partial charge in [-0.2, -0.15) is 0 Å². The topological polar surface area (TPSA) is 55.4 Å². The third-order valence-corrected chi connectivity index (χ3v) is 2.18. The number of carbonyl (C=O) groups excluding carboxylic acids is 2. The number of hydrogen-bond donors (Lipinski definition) is 1. The molecule has 0 bridgehead atoms. The van der Waals surface area contributed by atoms with E-state index in [-0.39, 0.29) is 17.3 Å². The van der Waals surface area contributed by atoms with Crippen LogP contribution in [0, 0.1) is 10.8 Å². The van der Waals surface area contributed by atoms with Gasteiger partial charge in [0.15, 0.2) is 0 Å². The average Bonchev–Trinajstić information content (AvgIpc) is 2.12. The van der Waals surface area contributed by atoms with Crippen molar-refractivity contribution in [3.8, 4) is 0 Å². The van der Waals surface area contributed by atoms with Crippen molar-refractivity contribution in [1.29, 1.82) is 0 Å². The summed E-state index contributed by atoms with van der Waals surface area (Å²) in [6, 6.07) is 0. The van der Waals surface area contributed by atoms with Gasteiger partial charge in [-0.3, -0.25) is 9.59 Å². The molecule has 0 fully saturated rings. The quantitative estimate of drug-likeness (QED) is 0.608. The lowest BCUT2D eigenvalue weighted by molar-refractivity contribution is -0.152. The summed E-state index contributed by atoms with van der Waals surface area (Å²) >= 11 is 0. The normalized spacial score (nSPS) is 12.1. The number of hydrogen-bond acceptors (Lipinski definition) is 3. The maximum Gasteiger partial charge on any atom is 0.311 e. The fourth-order valence-corrected chi connectivity index (χ4v) is 1.23. The van der Waals surface area contributed by atoms with E-state index in [1.54, 1.807) is 0 Å². The summed E-state index contributed by atoms with van der Waals surface area (Å²) in [5.41, 5.74) is -0.460. The lowest BCUT2D eigenvalue weighted by Gasteiger charge is -2.18. The minimum Gasteiger partial charge on any atom is -0.465 e. The maximum absolute atomic E-state index is 11.5. The van der Waals surface area contributed by atoms with Crippen molar-refractivity contribution in [2.45, 2.75) is 54.4 Å². The first-order valence-electron chi connectivity index (χ1n) is 6.46. The lowest BCUT2D eigenvalue weighted by atomic mass is 9.92. The molecule has 0 unspecified atom stereocenters. The van der Waals surface area contributed by atoms with Gasteiger partial charge < -0.3 is 10.1 Å². The molecule has 0 saturated heterocycles. The fourth-order valence-electron chi connectivity index (χ4n) is 1.23. The summed E-state index contributed by atoms with van der Waals surface area (Å²) in [7, 11) is 0. The predicted molar refractivity (Wildman–Crippen MR) is 72.1 cm³/mol. The van der Waals surface area contributed by atoms with Gasteiger partial charge in [-0.05, 0) is 32.6 Å². The van der Waals surface area contributed by atoms with Crippen molar-refractivity contribution < 1.29 is 14.3 Å². The van der Waals surface area contributed by atoms with Crippen molar-refractivity contribution in [3.63, 3.8) is 0 Å². The second-order valence-corrected chi connectivity index (χ2v) is 6.83. The highest BCUT2D eigenvalue weighted by Crippen LogP contribution is 2.17. The van der Waals surface area contributed by atoms with Crippen LogP contribution in [0.1, 0.15) is 54.4 Å². The molecule has 0 radical (unpaired) electrons. The minimum atomic E-state index is -0.463. The van der Waals surface area contributed by atoms with E-state index >= 15 is 0 Å². The summed E-state index contributed by atoms with van der Waals surface area (Å²) in [4.78, 5) is 22.9. The van der Waals surface area contributed by atoms with E-state index in [4.69, 9.17) is 4.74 Å². The number of ether oxygens (including phenoxy) is 1. The predicted octanol–water partition coefficient (Wildman–Crippen LogP) is 2.52. The molecule has 0 aliphatic carbocycles. The van der Waals surface area contributed by atoms with Crippen LogP contribution in [-0.4, -0.2) is 25.0 Å². The smallest absolute Gasteiger partial charge is 0.311 e. The molecule has 0 heterocycles. The van der Waals surface area contributed by atoms with Gasteiger partial charge in [-0.25, -0.2) is 0 Å². The molecule has 0 atom stereocenters. The van der Waals surface area contributed by atoms with Crippen molar-refractivity contribution in [2.24, 2.45) is 10.8 Å². The van der Waals surface area contributed by atoms with E-state index in [9.17, 15) is 9.59 Å². The SMILES string of the molecule is CC(C)(C)CC(=O)NCCCOC(=O)C(C)(C)C. The van der Waals surface area contributed by atoms with E-state index in [1.165, 1.54) is 0 Å². The van der Waals surface area contributed by atoms with Crippen LogP contribution >= 0.6 is 0 Å². The zero-order chi connectivity index (χ0) is 14.4. The standard InChI is InChI=1S/C14H27NO3/c1-13(2,3)10-11(16)15-8-7-9-18-12(17)14(4,5)6/h7-10H2,1-6H3,(H,15,16).